The highest BCUT2D eigenvalue weighted by Gasteiger charge is 2.01. The van der Waals surface area contributed by atoms with Crippen molar-refractivity contribution < 1.29 is 0 Å². The highest BCUT2D eigenvalue weighted by atomic mass is 15.4. The zero-order chi connectivity index (χ0) is 10.1. The minimum absolute atomic E-state index is 0.904. The molecule has 2 N–H and O–H groups in total. The van der Waals surface area contributed by atoms with E-state index in [0.717, 1.165) is 25.1 Å². The summed E-state index contributed by atoms with van der Waals surface area (Å²) in [5.41, 5.74) is 1.05. The number of unbranched alkanes of at least 4 members (excludes halogenated alkanes) is 2. The van der Waals surface area contributed by atoms with Gasteiger partial charge in [-0.2, -0.15) is 0 Å². The summed E-state index contributed by atoms with van der Waals surface area (Å²) in [6, 6.07) is 0. The first-order chi connectivity index (χ1) is 6.26. The van der Waals surface area contributed by atoms with Crippen LogP contribution in [0.2, 0.25) is 0 Å². The van der Waals surface area contributed by atoms with Crippen LogP contribution in [0.1, 0.15) is 39.5 Å². The number of hydrogen-bond donors (Lipinski definition) is 1. The van der Waals surface area contributed by atoms with Crippen molar-refractivity contribution >= 4 is 6.72 Å². The summed E-state index contributed by atoms with van der Waals surface area (Å²) in [7, 11) is 0. The lowest BCUT2D eigenvalue weighted by Gasteiger charge is -2.20. The molecule has 0 amide bonds. The molecule has 0 saturated heterocycles. The van der Waals surface area contributed by atoms with Crippen molar-refractivity contribution in [2.75, 3.05) is 6.54 Å². The second kappa shape index (κ2) is 7.80. The van der Waals surface area contributed by atoms with Gasteiger partial charge in [0.25, 0.3) is 0 Å². The lowest BCUT2D eigenvalue weighted by molar-refractivity contribution is 0.338. The van der Waals surface area contributed by atoms with Crippen molar-refractivity contribution in [3.63, 3.8) is 0 Å². The minimum atomic E-state index is 0.904. The predicted molar refractivity (Wildman–Crippen MR) is 58.3 cm³/mol. The molecule has 13 heavy (non-hydrogen) atoms. The van der Waals surface area contributed by atoms with Crippen LogP contribution >= 0.6 is 0 Å². The van der Waals surface area contributed by atoms with E-state index in [1.54, 1.807) is 11.2 Å². The van der Waals surface area contributed by atoms with Crippen molar-refractivity contribution in [2.45, 2.75) is 39.5 Å². The van der Waals surface area contributed by atoms with Crippen LogP contribution in [0.5, 0.6) is 0 Å². The number of aliphatic imine (C=N–C) groups is 1. The molecule has 0 atom stereocenters. The molecule has 76 valence electrons. The van der Waals surface area contributed by atoms with Crippen LogP contribution in [0.4, 0.5) is 0 Å². The van der Waals surface area contributed by atoms with Gasteiger partial charge >= 0.3 is 0 Å². The average Bonchev–Trinajstić information content (AvgIpc) is 2.14. The van der Waals surface area contributed by atoms with E-state index < -0.39 is 0 Å². The normalized spacial score (nSPS) is 11.5. The number of nitrogens with two attached hydrogens (primary N) is 1. The van der Waals surface area contributed by atoms with Crippen LogP contribution in [-0.2, 0) is 0 Å². The Kier molecular flexibility index (Phi) is 7.30. The molecule has 0 aromatic rings. The first-order valence-corrected chi connectivity index (χ1v) is 4.93. The molecule has 0 unspecified atom stereocenters. The van der Waals surface area contributed by atoms with Crippen LogP contribution in [0.15, 0.2) is 16.9 Å². The molecule has 0 rings (SSSR count). The minimum Gasteiger partial charge on any atom is -0.314 e. The van der Waals surface area contributed by atoms with Crippen LogP contribution in [0, 0.1) is 0 Å². The van der Waals surface area contributed by atoms with E-state index in [-0.39, 0.29) is 0 Å². The van der Waals surface area contributed by atoms with E-state index >= 15 is 0 Å². The number of allylic oxidation sites excluding steroid dienone is 1. The van der Waals surface area contributed by atoms with Gasteiger partial charge in [0.05, 0.1) is 0 Å². The van der Waals surface area contributed by atoms with E-state index in [0.29, 0.717) is 0 Å². The molecule has 0 aromatic carbocycles. The Morgan fingerprint density at radius 3 is 2.62 bits per heavy atom. The Bertz CT molecular complexity index is 164. The van der Waals surface area contributed by atoms with Gasteiger partial charge in [-0.3, -0.25) is 4.99 Å². The SMILES string of the molecule is C=N/C=C(/CC)N(N)CCCCC. The van der Waals surface area contributed by atoms with Gasteiger partial charge in [0.1, 0.15) is 0 Å². The number of rotatable bonds is 7. The summed E-state index contributed by atoms with van der Waals surface area (Å²) in [4.78, 5) is 3.72. The first-order valence-electron chi connectivity index (χ1n) is 4.93. The first kappa shape index (κ1) is 12.2. The maximum absolute atomic E-state index is 5.83. The fourth-order valence-corrected chi connectivity index (χ4v) is 1.15. The number of hydrogen-bond acceptors (Lipinski definition) is 3. The van der Waals surface area contributed by atoms with Gasteiger partial charge in [0.2, 0.25) is 0 Å². The van der Waals surface area contributed by atoms with E-state index in [4.69, 9.17) is 5.84 Å². The summed E-state index contributed by atoms with van der Waals surface area (Å²) < 4.78 is 0. The van der Waals surface area contributed by atoms with Crippen molar-refractivity contribution in [3.05, 3.63) is 11.9 Å². The lowest BCUT2D eigenvalue weighted by atomic mass is 10.2. The fourth-order valence-electron chi connectivity index (χ4n) is 1.15. The van der Waals surface area contributed by atoms with Gasteiger partial charge in [-0.15, -0.1) is 0 Å². The second-order valence-electron chi connectivity index (χ2n) is 3.06. The van der Waals surface area contributed by atoms with Crippen molar-refractivity contribution in [3.8, 4) is 0 Å². The molecule has 0 fully saturated rings. The van der Waals surface area contributed by atoms with Crippen molar-refractivity contribution in [1.82, 2.24) is 5.01 Å². The van der Waals surface area contributed by atoms with Crippen LogP contribution < -0.4 is 5.84 Å². The van der Waals surface area contributed by atoms with Crippen molar-refractivity contribution in [2.24, 2.45) is 10.8 Å². The largest absolute Gasteiger partial charge is 0.314 e. The highest BCUT2D eigenvalue weighted by Crippen LogP contribution is 2.06. The third kappa shape index (κ3) is 5.42. The van der Waals surface area contributed by atoms with Gasteiger partial charge < -0.3 is 5.01 Å². The Balaban J connectivity index is 3.84. The van der Waals surface area contributed by atoms with Gasteiger partial charge in [-0.1, -0.05) is 26.7 Å². The topological polar surface area (TPSA) is 41.6 Å². The Morgan fingerprint density at radius 1 is 1.46 bits per heavy atom. The zero-order valence-electron chi connectivity index (χ0n) is 8.79. The van der Waals surface area contributed by atoms with Gasteiger partial charge in [-0.05, 0) is 19.6 Å². The molecule has 0 aliphatic carbocycles. The smallest absolute Gasteiger partial charge is 0.0470 e. The standard InChI is InChI=1S/C10H21N3/c1-4-6-7-8-13(11)10(5-2)9-12-3/h9H,3-8,11H2,1-2H3/b10-9-. The number of nitrogens with zero attached hydrogens (tertiary/aromatic N) is 2. The molecule has 0 heterocycles. The van der Waals surface area contributed by atoms with Gasteiger partial charge in [0.15, 0.2) is 0 Å². The molecular weight excluding hydrogens is 162 g/mol. The van der Waals surface area contributed by atoms with E-state index in [9.17, 15) is 0 Å². The molecule has 0 bridgehead atoms. The van der Waals surface area contributed by atoms with E-state index in [1.807, 2.05) is 0 Å². The molecule has 3 nitrogen and oxygen atoms in total. The Morgan fingerprint density at radius 2 is 2.15 bits per heavy atom. The van der Waals surface area contributed by atoms with Gasteiger partial charge in [0, 0.05) is 18.4 Å². The molecular formula is C10H21N3. The lowest BCUT2D eigenvalue weighted by Crippen LogP contribution is -2.30. The summed E-state index contributed by atoms with van der Waals surface area (Å²) in [6.07, 6.45) is 6.22. The molecule has 0 aromatic heterocycles. The second-order valence-corrected chi connectivity index (χ2v) is 3.06. The van der Waals surface area contributed by atoms with Crippen LogP contribution in [0.3, 0.4) is 0 Å². The molecule has 0 spiro atoms. The number of hydrazine groups is 1. The summed E-state index contributed by atoms with van der Waals surface area (Å²) >= 11 is 0. The Labute approximate surface area is 81.3 Å². The predicted octanol–water partition coefficient (Wildman–Crippen LogP) is 2.30. The average molecular weight is 183 g/mol. The monoisotopic (exact) mass is 183 g/mol. The van der Waals surface area contributed by atoms with E-state index in [2.05, 4.69) is 25.6 Å². The summed E-state index contributed by atoms with van der Waals surface area (Å²) in [6.45, 7) is 8.57. The molecule has 0 aliphatic heterocycles. The Hall–Kier alpha value is -0.830. The quantitative estimate of drug-likeness (QED) is 0.285. The molecule has 0 saturated carbocycles. The highest BCUT2D eigenvalue weighted by molar-refractivity contribution is 5.26. The third-order valence-electron chi connectivity index (χ3n) is 1.97. The summed E-state index contributed by atoms with van der Waals surface area (Å²) in [5, 5.41) is 1.77. The van der Waals surface area contributed by atoms with E-state index in [1.165, 1.54) is 12.8 Å². The van der Waals surface area contributed by atoms with Crippen LogP contribution in [0.25, 0.3) is 0 Å². The molecule has 3 heteroatoms. The van der Waals surface area contributed by atoms with Crippen LogP contribution in [-0.4, -0.2) is 18.3 Å². The third-order valence-corrected chi connectivity index (χ3v) is 1.97. The molecule has 0 radical (unpaired) electrons. The maximum atomic E-state index is 5.83. The molecule has 0 aliphatic rings. The summed E-state index contributed by atoms with van der Waals surface area (Å²) in [5.74, 6) is 5.83. The van der Waals surface area contributed by atoms with Gasteiger partial charge in [-0.25, -0.2) is 5.84 Å². The fraction of sp³-hybridized carbons (Fsp3) is 0.700. The maximum Gasteiger partial charge on any atom is 0.0470 e. The van der Waals surface area contributed by atoms with Crippen molar-refractivity contribution in [1.29, 1.82) is 0 Å². The zero-order valence-corrected chi connectivity index (χ0v) is 8.79.